The summed E-state index contributed by atoms with van der Waals surface area (Å²) in [6.45, 7) is 0.423. The molecule has 0 saturated heterocycles. The summed E-state index contributed by atoms with van der Waals surface area (Å²) >= 11 is 33.3. The van der Waals surface area contributed by atoms with Gasteiger partial charge in [0.25, 0.3) is 0 Å². The molecule has 0 bridgehead atoms. The van der Waals surface area contributed by atoms with Crippen LogP contribution in [0.25, 0.3) is 0 Å². The minimum absolute atomic E-state index is 0.211. The van der Waals surface area contributed by atoms with Gasteiger partial charge >= 0.3 is 0 Å². The standard InChI is InChI=1S/C6H8Cl6O/c7-3(5(9)10)1-13-2-4(8)6(11)12/h3-6H,1-2H2. The molecule has 0 aromatic heterocycles. The van der Waals surface area contributed by atoms with Crippen LogP contribution in [0.3, 0.4) is 0 Å². The van der Waals surface area contributed by atoms with Crippen LogP contribution in [0.1, 0.15) is 0 Å². The molecule has 0 aliphatic carbocycles. The van der Waals surface area contributed by atoms with Crippen LogP contribution in [-0.4, -0.2) is 33.6 Å². The van der Waals surface area contributed by atoms with Gasteiger partial charge in [-0.3, -0.25) is 0 Å². The molecule has 0 rings (SSSR count). The second-order valence-electron chi connectivity index (χ2n) is 2.24. The van der Waals surface area contributed by atoms with Gasteiger partial charge < -0.3 is 4.74 Å². The highest BCUT2D eigenvalue weighted by atomic mass is 35.5. The molecule has 7 heteroatoms. The monoisotopic (exact) mass is 306 g/mol. The van der Waals surface area contributed by atoms with Gasteiger partial charge in [-0.25, -0.2) is 0 Å². The van der Waals surface area contributed by atoms with Crippen molar-refractivity contribution in [2.24, 2.45) is 0 Å². The Labute approximate surface area is 107 Å². The van der Waals surface area contributed by atoms with Crippen LogP contribution in [0.2, 0.25) is 0 Å². The second kappa shape index (κ2) is 7.92. The highest BCUT2D eigenvalue weighted by Crippen LogP contribution is 2.17. The van der Waals surface area contributed by atoms with Crippen molar-refractivity contribution in [2.45, 2.75) is 20.4 Å². The lowest BCUT2D eigenvalue weighted by atomic mass is 10.5. The third-order valence-electron chi connectivity index (χ3n) is 1.10. The molecule has 80 valence electrons. The van der Waals surface area contributed by atoms with Gasteiger partial charge in [0.15, 0.2) is 0 Å². The highest BCUT2D eigenvalue weighted by Gasteiger charge is 2.17. The van der Waals surface area contributed by atoms with Crippen LogP contribution in [0.15, 0.2) is 0 Å². The molecule has 0 aromatic rings. The first-order chi connectivity index (χ1) is 5.95. The molecule has 0 heterocycles. The number of ether oxygens (including phenoxy) is 1. The van der Waals surface area contributed by atoms with Crippen molar-refractivity contribution in [3.05, 3.63) is 0 Å². The summed E-state index contributed by atoms with van der Waals surface area (Å²) in [4.78, 5) is -1.34. The fourth-order valence-electron chi connectivity index (χ4n) is 0.439. The molecule has 0 amide bonds. The van der Waals surface area contributed by atoms with Crippen LogP contribution in [0.5, 0.6) is 0 Å². The zero-order valence-electron chi connectivity index (χ0n) is 6.40. The number of hydrogen-bond donors (Lipinski definition) is 0. The van der Waals surface area contributed by atoms with E-state index >= 15 is 0 Å². The summed E-state index contributed by atoms with van der Waals surface area (Å²) in [6, 6.07) is 0. The Morgan fingerprint density at radius 3 is 1.23 bits per heavy atom. The molecule has 0 fully saturated rings. The van der Waals surface area contributed by atoms with E-state index in [2.05, 4.69) is 0 Å². The van der Waals surface area contributed by atoms with Gasteiger partial charge in [-0.2, -0.15) is 0 Å². The van der Waals surface area contributed by atoms with E-state index in [0.717, 1.165) is 0 Å². The third kappa shape index (κ3) is 7.61. The fourth-order valence-corrected chi connectivity index (χ4v) is 0.908. The molecule has 0 aliphatic heterocycles. The summed E-state index contributed by atoms with van der Waals surface area (Å²) in [5.41, 5.74) is 0. The lowest BCUT2D eigenvalue weighted by molar-refractivity contribution is 0.138. The summed E-state index contributed by atoms with van der Waals surface area (Å²) in [6.07, 6.45) is 0. The lowest BCUT2D eigenvalue weighted by Crippen LogP contribution is -2.22. The Balaban J connectivity index is 3.45. The van der Waals surface area contributed by atoms with Crippen molar-refractivity contribution in [3.8, 4) is 0 Å². The predicted molar refractivity (Wildman–Crippen MR) is 61.1 cm³/mol. The Bertz CT molecular complexity index is 116. The zero-order chi connectivity index (χ0) is 10.4. The average molecular weight is 309 g/mol. The quantitative estimate of drug-likeness (QED) is 0.678. The number of rotatable bonds is 6. The van der Waals surface area contributed by atoms with Crippen LogP contribution >= 0.6 is 69.6 Å². The molecule has 0 saturated carbocycles. The van der Waals surface area contributed by atoms with E-state index in [1.54, 1.807) is 0 Å². The van der Waals surface area contributed by atoms with Crippen molar-refractivity contribution >= 4 is 69.6 Å². The van der Waals surface area contributed by atoms with Gasteiger partial charge in [-0.05, 0) is 0 Å². The van der Waals surface area contributed by atoms with Crippen molar-refractivity contribution < 1.29 is 4.74 Å². The number of halogens is 6. The van der Waals surface area contributed by atoms with E-state index in [1.807, 2.05) is 0 Å². The summed E-state index contributed by atoms with van der Waals surface area (Å²) in [5.74, 6) is 0. The molecule has 1 nitrogen and oxygen atoms in total. The smallest absolute Gasteiger partial charge is 0.126 e. The minimum atomic E-state index is -0.668. The van der Waals surface area contributed by atoms with Gasteiger partial charge in [-0.15, -0.1) is 69.6 Å². The van der Waals surface area contributed by atoms with Crippen molar-refractivity contribution in [1.29, 1.82) is 0 Å². The Hall–Kier alpha value is 1.70. The number of hydrogen-bond acceptors (Lipinski definition) is 1. The first-order valence-electron chi connectivity index (χ1n) is 3.37. The Morgan fingerprint density at radius 1 is 0.692 bits per heavy atom. The van der Waals surface area contributed by atoms with Crippen molar-refractivity contribution in [3.63, 3.8) is 0 Å². The van der Waals surface area contributed by atoms with Gasteiger partial charge in [0.2, 0.25) is 0 Å². The van der Waals surface area contributed by atoms with Crippen molar-refractivity contribution in [2.75, 3.05) is 13.2 Å². The predicted octanol–water partition coefficient (Wildman–Crippen LogP) is 3.83. The van der Waals surface area contributed by atoms with Crippen LogP contribution < -0.4 is 0 Å². The summed E-state index contributed by atoms with van der Waals surface area (Å²) in [5, 5.41) is -0.924. The summed E-state index contributed by atoms with van der Waals surface area (Å²) in [7, 11) is 0. The molecule has 2 atom stereocenters. The maximum atomic E-state index is 5.68. The van der Waals surface area contributed by atoms with Gasteiger partial charge in [-0.1, -0.05) is 0 Å². The zero-order valence-corrected chi connectivity index (χ0v) is 10.9. The SMILES string of the molecule is ClC(Cl)C(Cl)COCC(Cl)C(Cl)Cl. The summed E-state index contributed by atoms with van der Waals surface area (Å²) < 4.78 is 5.08. The molecular weight excluding hydrogens is 301 g/mol. The van der Waals surface area contributed by atoms with Crippen LogP contribution in [-0.2, 0) is 4.74 Å². The maximum absolute atomic E-state index is 5.68. The minimum Gasteiger partial charge on any atom is -0.378 e. The van der Waals surface area contributed by atoms with E-state index < -0.39 is 20.4 Å². The molecule has 13 heavy (non-hydrogen) atoms. The van der Waals surface area contributed by atoms with Crippen LogP contribution in [0.4, 0.5) is 0 Å². The van der Waals surface area contributed by atoms with Crippen molar-refractivity contribution in [1.82, 2.24) is 0 Å². The lowest BCUT2D eigenvalue weighted by Gasteiger charge is -2.13. The highest BCUT2D eigenvalue weighted by molar-refractivity contribution is 6.48. The molecule has 0 spiro atoms. The van der Waals surface area contributed by atoms with Gasteiger partial charge in [0.1, 0.15) is 9.67 Å². The van der Waals surface area contributed by atoms with Crippen LogP contribution in [0, 0.1) is 0 Å². The van der Waals surface area contributed by atoms with E-state index in [4.69, 9.17) is 74.3 Å². The maximum Gasteiger partial charge on any atom is 0.126 e. The van der Waals surface area contributed by atoms with E-state index in [9.17, 15) is 0 Å². The molecule has 0 N–H and O–H groups in total. The Morgan fingerprint density at radius 2 is 1.00 bits per heavy atom. The number of alkyl halides is 6. The average Bonchev–Trinajstić information content (AvgIpc) is 2.03. The molecule has 2 unspecified atom stereocenters. The molecule has 0 radical (unpaired) electrons. The normalized spacial score (nSPS) is 16.6. The molecular formula is C6H8Cl6O. The third-order valence-corrected chi connectivity index (χ3v) is 3.59. The first kappa shape index (κ1) is 14.7. The molecule has 0 aliphatic rings. The topological polar surface area (TPSA) is 9.23 Å². The second-order valence-corrected chi connectivity index (χ2v) is 5.69. The Kier molecular flexibility index (Phi) is 8.96. The van der Waals surface area contributed by atoms with Gasteiger partial charge in [0.05, 0.1) is 24.0 Å². The van der Waals surface area contributed by atoms with E-state index in [-0.39, 0.29) is 13.2 Å². The first-order valence-corrected chi connectivity index (χ1v) is 5.99. The van der Waals surface area contributed by atoms with E-state index in [0.29, 0.717) is 0 Å². The van der Waals surface area contributed by atoms with E-state index in [1.165, 1.54) is 0 Å². The largest absolute Gasteiger partial charge is 0.378 e. The van der Waals surface area contributed by atoms with Gasteiger partial charge in [0, 0.05) is 0 Å². The fraction of sp³-hybridized carbons (Fsp3) is 1.00. The molecule has 0 aromatic carbocycles.